The summed E-state index contributed by atoms with van der Waals surface area (Å²) in [5.74, 6) is -0.236. The van der Waals surface area contributed by atoms with Crippen LogP contribution in [0, 0.1) is 11.7 Å². The molecule has 4 heterocycles. The van der Waals surface area contributed by atoms with Gasteiger partial charge in [0.25, 0.3) is 11.8 Å². The monoisotopic (exact) mass is 430 g/mol. The van der Waals surface area contributed by atoms with Gasteiger partial charge in [0.05, 0.1) is 0 Å². The molecule has 2 aromatic heterocycles. The molecule has 1 aromatic carbocycles. The number of likely N-dealkylation sites (tertiary alicyclic amines) is 2. The van der Waals surface area contributed by atoms with Crippen LogP contribution in [0.5, 0.6) is 0 Å². The highest BCUT2D eigenvalue weighted by Gasteiger charge is 2.47. The molecule has 7 heteroatoms. The Morgan fingerprint density at radius 2 is 1.41 bits per heavy atom. The Kier molecular flexibility index (Phi) is 5.39. The number of hydrogen-bond acceptors (Lipinski definition) is 4. The average Bonchev–Trinajstić information content (AvgIpc) is 3.23. The minimum atomic E-state index is -0.286. The number of carbonyl (C=O) groups is 2. The van der Waals surface area contributed by atoms with E-state index in [-0.39, 0.29) is 35.5 Å². The van der Waals surface area contributed by atoms with Gasteiger partial charge in [0.15, 0.2) is 0 Å². The molecule has 2 aliphatic rings. The largest absolute Gasteiger partial charge is 0.338 e. The summed E-state index contributed by atoms with van der Waals surface area (Å²) in [4.78, 5) is 38.2. The van der Waals surface area contributed by atoms with Gasteiger partial charge in [0, 0.05) is 73.4 Å². The summed E-state index contributed by atoms with van der Waals surface area (Å²) >= 11 is 0. The molecule has 0 radical (unpaired) electrons. The summed E-state index contributed by atoms with van der Waals surface area (Å²) in [7, 11) is 0. The van der Waals surface area contributed by atoms with E-state index in [1.54, 1.807) is 61.2 Å². The van der Waals surface area contributed by atoms with E-state index >= 15 is 0 Å². The number of halogens is 1. The molecule has 162 valence electrons. The second-order valence-electron chi connectivity index (χ2n) is 8.36. The number of piperidine rings is 1. The van der Waals surface area contributed by atoms with Crippen molar-refractivity contribution < 1.29 is 14.0 Å². The van der Waals surface area contributed by atoms with E-state index in [2.05, 4.69) is 9.97 Å². The van der Waals surface area contributed by atoms with Crippen molar-refractivity contribution in [2.75, 3.05) is 19.6 Å². The van der Waals surface area contributed by atoms with E-state index in [1.807, 2.05) is 9.80 Å². The molecule has 32 heavy (non-hydrogen) atoms. The zero-order valence-corrected chi connectivity index (χ0v) is 17.5. The third kappa shape index (κ3) is 3.75. The number of benzene rings is 1. The van der Waals surface area contributed by atoms with E-state index < -0.39 is 0 Å². The SMILES string of the molecule is O=C(c1ccncc1)N1CC[C@@H]2[C@H](C1)[C@@H](c1ccc(F)cc1)CN2C(=O)c1ccncc1. The third-order valence-corrected chi connectivity index (χ3v) is 6.63. The lowest BCUT2D eigenvalue weighted by atomic mass is 9.81. The van der Waals surface area contributed by atoms with Crippen LogP contribution in [0.25, 0.3) is 0 Å². The Bertz CT molecular complexity index is 1110. The topological polar surface area (TPSA) is 66.4 Å². The van der Waals surface area contributed by atoms with Gasteiger partial charge in [0.2, 0.25) is 0 Å². The number of fused-ring (bicyclic) bond motifs is 1. The molecule has 0 spiro atoms. The summed E-state index contributed by atoms with van der Waals surface area (Å²) < 4.78 is 13.6. The fourth-order valence-corrected chi connectivity index (χ4v) is 5.05. The van der Waals surface area contributed by atoms with E-state index in [0.717, 1.165) is 5.56 Å². The molecular formula is C25H23FN4O2. The highest BCUT2D eigenvalue weighted by atomic mass is 19.1. The van der Waals surface area contributed by atoms with Crippen molar-refractivity contribution in [3.05, 3.63) is 95.8 Å². The summed E-state index contributed by atoms with van der Waals surface area (Å²) in [6, 6.07) is 13.4. The van der Waals surface area contributed by atoms with E-state index in [9.17, 15) is 14.0 Å². The van der Waals surface area contributed by atoms with Crippen LogP contribution in [0.4, 0.5) is 4.39 Å². The van der Waals surface area contributed by atoms with Crippen LogP contribution >= 0.6 is 0 Å². The molecular weight excluding hydrogens is 407 g/mol. The summed E-state index contributed by atoms with van der Waals surface area (Å²) in [6.07, 6.45) is 7.18. The second-order valence-corrected chi connectivity index (χ2v) is 8.36. The van der Waals surface area contributed by atoms with Crippen LogP contribution in [0.1, 0.15) is 38.6 Å². The number of nitrogens with zero attached hydrogens (tertiary/aromatic N) is 4. The van der Waals surface area contributed by atoms with Crippen LogP contribution in [0.2, 0.25) is 0 Å². The molecule has 3 aromatic rings. The quantitative estimate of drug-likeness (QED) is 0.639. The Labute approximate surface area is 185 Å². The Balaban J connectivity index is 1.44. The number of pyridine rings is 2. The standard InChI is InChI=1S/C25H23FN4O2/c26-20-3-1-17(2-4-20)21-16-30(25(32)19-7-12-28-13-8-19)23-9-14-29(15-22(21)23)24(31)18-5-10-27-11-6-18/h1-8,10-13,21-23H,9,14-16H2/t21-,22-,23-/m1/s1. The lowest BCUT2D eigenvalue weighted by Crippen LogP contribution is -2.49. The van der Waals surface area contributed by atoms with Crippen LogP contribution in [0.15, 0.2) is 73.3 Å². The summed E-state index contributed by atoms with van der Waals surface area (Å²) in [5.41, 5.74) is 2.21. The van der Waals surface area contributed by atoms with Crippen LogP contribution in [-0.2, 0) is 0 Å². The number of amides is 2. The van der Waals surface area contributed by atoms with E-state index in [0.29, 0.717) is 37.2 Å². The van der Waals surface area contributed by atoms with E-state index in [1.165, 1.54) is 12.1 Å². The summed E-state index contributed by atoms with van der Waals surface area (Å²) in [6.45, 7) is 1.67. The first-order chi connectivity index (χ1) is 15.6. The zero-order valence-electron chi connectivity index (χ0n) is 17.5. The third-order valence-electron chi connectivity index (χ3n) is 6.63. The van der Waals surface area contributed by atoms with E-state index in [4.69, 9.17) is 0 Å². The number of rotatable bonds is 3. The van der Waals surface area contributed by atoms with Gasteiger partial charge in [-0.05, 0) is 48.4 Å². The maximum Gasteiger partial charge on any atom is 0.254 e. The first kappa shape index (κ1) is 20.3. The Morgan fingerprint density at radius 3 is 2.03 bits per heavy atom. The summed E-state index contributed by atoms with van der Waals surface area (Å²) in [5, 5.41) is 0. The Morgan fingerprint density at radius 1 is 0.812 bits per heavy atom. The molecule has 3 atom stereocenters. The van der Waals surface area contributed by atoms with Crippen molar-refractivity contribution in [2.45, 2.75) is 18.4 Å². The van der Waals surface area contributed by atoms with Gasteiger partial charge in [-0.15, -0.1) is 0 Å². The van der Waals surface area contributed by atoms with Gasteiger partial charge in [0.1, 0.15) is 5.82 Å². The minimum absolute atomic E-state index is 0.0206. The lowest BCUT2D eigenvalue weighted by Gasteiger charge is -2.39. The molecule has 0 aliphatic carbocycles. The van der Waals surface area contributed by atoms with Crippen molar-refractivity contribution in [3.8, 4) is 0 Å². The average molecular weight is 430 g/mol. The molecule has 0 saturated carbocycles. The Hall–Kier alpha value is -3.61. The van der Waals surface area contributed by atoms with Gasteiger partial charge in [-0.3, -0.25) is 19.6 Å². The maximum absolute atomic E-state index is 13.6. The smallest absolute Gasteiger partial charge is 0.254 e. The number of aromatic nitrogens is 2. The number of carbonyl (C=O) groups excluding carboxylic acids is 2. The van der Waals surface area contributed by atoms with Gasteiger partial charge in [-0.25, -0.2) is 4.39 Å². The second kappa shape index (κ2) is 8.49. The predicted molar refractivity (Wildman–Crippen MR) is 116 cm³/mol. The van der Waals surface area contributed by atoms with Crippen molar-refractivity contribution in [2.24, 2.45) is 5.92 Å². The van der Waals surface area contributed by atoms with Gasteiger partial charge in [-0.1, -0.05) is 12.1 Å². The number of hydrogen-bond donors (Lipinski definition) is 0. The lowest BCUT2D eigenvalue weighted by molar-refractivity contribution is 0.0534. The first-order valence-electron chi connectivity index (χ1n) is 10.8. The fraction of sp³-hybridized carbons (Fsp3) is 0.280. The molecule has 0 bridgehead atoms. The molecule has 0 N–H and O–H groups in total. The molecule has 5 rings (SSSR count). The van der Waals surface area contributed by atoms with Crippen LogP contribution in [0.3, 0.4) is 0 Å². The molecule has 6 nitrogen and oxygen atoms in total. The van der Waals surface area contributed by atoms with Gasteiger partial charge in [-0.2, -0.15) is 0 Å². The van der Waals surface area contributed by atoms with Crippen molar-refractivity contribution >= 4 is 11.8 Å². The fourth-order valence-electron chi connectivity index (χ4n) is 5.05. The highest BCUT2D eigenvalue weighted by molar-refractivity contribution is 5.95. The zero-order chi connectivity index (χ0) is 22.1. The first-order valence-corrected chi connectivity index (χ1v) is 10.8. The molecule has 0 unspecified atom stereocenters. The normalized spacial score (nSPS) is 22.5. The van der Waals surface area contributed by atoms with Crippen LogP contribution < -0.4 is 0 Å². The van der Waals surface area contributed by atoms with Gasteiger partial charge < -0.3 is 9.80 Å². The van der Waals surface area contributed by atoms with Gasteiger partial charge >= 0.3 is 0 Å². The molecule has 2 fully saturated rings. The molecule has 2 saturated heterocycles. The van der Waals surface area contributed by atoms with Crippen molar-refractivity contribution in [1.29, 1.82) is 0 Å². The van der Waals surface area contributed by atoms with Crippen molar-refractivity contribution in [3.63, 3.8) is 0 Å². The highest BCUT2D eigenvalue weighted by Crippen LogP contribution is 2.42. The van der Waals surface area contributed by atoms with Crippen LogP contribution in [-0.4, -0.2) is 57.3 Å². The molecule has 2 aliphatic heterocycles. The maximum atomic E-state index is 13.6. The molecule has 2 amide bonds. The minimum Gasteiger partial charge on any atom is -0.338 e. The van der Waals surface area contributed by atoms with Crippen molar-refractivity contribution in [1.82, 2.24) is 19.8 Å². The predicted octanol–water partition coefficient (Wildman–Crippen LogP) is 3.39.